The zero-order chi connectivity index (χ0) is 19.3. The molecular formula is C20H34IN5O. The van der Waals surface area contributed by atoms with Gasteiger partial charge in [0.15, 0.2) is 5.96 Å². The van der Waals surface area contributed by atoms with Crippen molar-refractivity contribution in [3.05, 3.63) is 29.3 Å². The van der Waals surface area contributed by atoms with Crippen LogP contribution in [-0.4, -0.2) is 57.0 Å². The Morgan fingerprint density at radius 1 is 1.37 bits per heavy atom. The lowest BCUT2D eigenvalue weighted by atomic mass is 10.1. The minimum Gasteiger partial charge on any atom is -0.378 e. The van der Waals surface area contributed by atoms with Gasteiger partial charge in [0.1, 0.15) is 0 Å². The highest BCUT2D eigenvalue weighted by atomic mass is 127. The Morgan fingerprint density at radius 2 is 2.07 bits per heavy atom. The number of halogens is 1. The summed E-state index contributed by atoms with van der Waals surface area (Å²) in [6.45, 7) is 8.32. The number of amides is 1. The molecule has 1 aromatic carbocycles. The molecule has 2 rings (SSSR count). The van der Waals surface area contributed by atoms with E-state index in [-0.39, 0.29) is 41.8 Å². The van der Waals surface area contributed by atoms with Gasteiger partial charge in [-0.15, -0.1) is 24.0 Å². The highest BCUT2D eigenvalue weighted by Gasteiger charge is 2.27. The van der Waals surface area contributed by atoms with E-state index in [0.29, 0.717) is 0 Å². The number of anilines is 1. The van der Waals surface area contributed by atoms with E-state index in [1.54, 1.807) is 7.05 Å². The Morgan fingerprint density at radius 3 is 2.63 bits per heavy atom. The van der Waals surface area contributed by atoms with E-state index in [1.807, 2.05) is 32.8 Å². The predicted octanol–water partition coefficient (Wildman–Crippen LogP) is 2.60. The zero-order valence-corrected chi connectivity index (χ0v) is 19.7. The van der Waals surface area contributed by atoms with Crippen LogP contribution < -0.4 is 15.5 Å². The Bertz CT molecular complexity index is 660. The van der Waals surface area contributed by atoms with Crippen LogP contribution in [0, 0.1) is 12.8 Å². The lowest BCUT2D eigenvalue weighted by molar-refractivity contribution is -0.133. The Balaban J connectivity index is 0.00000364. The summed E-state index contributed by atoms with van der Waals surface area (Å²) in [5.41, 5.74) is 3.71. The number of hydrogen-bond donors (Lipinski definition) is 2. The van der Waals surface area contributed by atoms with Crippen molar-refractivity contribution in [2.75, 3.05) is 39.1 Å². The largest absolute Gasteiger partial charge is 0.378 e. The molecule has 0 radical (unpaired) electrons. The van der Waals surface area contributed by atoms with E-state index in [2.05, 4.69) is 45.6 Å². The quantitative estimate of drug-likeness (QED) is 0.381. The van der Waals surface area contributed by atoms with Crippen molar-refractivity contribution in [1.29, 1.82) is 0 Å². The van der Waals surface area contributed by atoms with E-state index in [4.69, 9.17) is 0 Å². The molecule has 0 aliphatic carbocycles. The maximum atomic E-state index is 12.1. The number of hydrogen-bond acceptors (Lipinski definition) is 3. The first-order valence-electron chi connectivity index (χ1n) is 9.34. The number of rotatable bonds is 5. The topological polar surface area (TPSA) is 60.0 Å². The average Bonchev–Trinajstić information content (AvgIpc) is 3.06. The fraction of sp³-hybridized carbons (Fsp3) is 0.600. The second-order valence-electron chi connectivity index (χ2n) is 7.50. The molecule has 152 valence electrons. The van der Waals surface area contributed by atoms with Crippen LogP contribution >= 0.6 is 24.0 Å². The van der Waals surface area contributed by atoms with E-state index < -0.39 is 0 Å². The molecule has 1 unspecified atom stereocenters. The molecule has 1 aromatic rings. The van der Waals surface area contributed by atoms with Crippen molar-refractivity contribution in [3.63, 3.8) is 0 Å². The number of nitrogens with zero attached hydrogens (tertiary/aromatic N) is 3. The summed E-state index contributed by atoms with van der Waals surface area (Å²) in [6, 6.07) is 6.73. The molecule has 0 spiro atoms. The molecule has 7 heteroatoms. The van der Waals surface area contributed by atoms with Crippen LogP contribution in [0.1, 0.15) is 31.4 Å². The van der Waals surface area contributed by atoms with Crippen LogP contribution in [-0.2, 0) is 11.3 Å². The maximum Gasteiger partial charge on any atom is 0.225 e. The Hall–Kier alpha value is -1.51. The van der Waals surface area contributed by atoms with Gasteiger partial charge < -0.3 is 20.4 Å². The van der Waals surface area contributed by atoms with Gasteiger partial charge in [-0.25, -0.2) is 0 Å². The first kappa shape index (κ1) is 23.5. The molecule has 1 aliphatic rings. The normalized spacial score (nSPS) is 16.9. The Kier molecular flexibility index (Phi) is 9.35. The van der Waals surface area contributed by atoms with Crippen LogP contribution in [0.5, 0.6) is 0 Å². The van der Waals surface area contributed by atoms with Gasteiger partial charge in [-0.3, -0.25) is 9.79 Å². The van der Waals surface area contributed by atoms with Crippen LogP contribution in [0.2, 0.25) is 0 Å². The first-order chi connectivity index (χ1) is 12.3. The lowest BCUT2D eigenvalue weighted by Crippen LogP contribution is -2.45. The van der Waals surface area contributed by atoms with Gasteiger partial charge in [-0.05, 0) is 36.6 Å². The Labute approximate surface area is 180 Å². The number of carbonyl (C=O) groups is 1. The molecule has 1 fully saturated rings. The van der Waals surface area contributed by atoms with Crippen molar-refractivity contribution in [2.45, 2.75) is 39.8 Å². The van der Waals surface area contributed by atoms with Crippen LogP contribution in [0.15, 0.2) is 23.2 Å². The maximum absolute atomic E-state index is 12.1. The molecule has 0 bridgehead atoms. The highest BCUT2D eigenvalue weighted by molar-refractivity contribution is 14.0. The third kappa shape index (κ3) is 6.55. The number of carbonyl (C=O) groups excluding carboxylic acids is 1. The van der Waals surface area contributed by atoms with Crippen LogP contribution in [0.25, 0.3) is 0 Å². The predicted molar refractivity (Wildman–Crippen MR) is 124 cm³/mol. The average molecular weight is 487 g/mol. The van der Waals surface area contributed by atoms with Gasteiger partial charge in [0.05, 0.1) is 0 Å². The summed E-state index contributed by atoms with van der Waals surface area (Å²) in [4.78, 5) is 20.5. The molecule has 0 saturated carbocycles. The summed E-state index contributed by atoms with van der Waals surface area (Å²) in [5.74, 6) is 1.07. The van der Waals surface area contributed by atoms with E-state index in [0.717, 1.165) is 32.0 Å². The standard InChI is InChI=1S/C20H33N5O.HI/c1-14(2)19(26)25-10-9-17(13-25)23-20(21-4)22-12-16-7-8-18(24(5)6)11-15(16)3;/h7-8,11,14,17H,9-10,12-13H2,1-6H3,(H2,21,22,23);1H. The summed E-state index contributed by atoms with van der Waals surface area (Å²) >= 11 is 0. The van der Waals surface area contributed by atoms with Crippen molar-refractivity contribution in [3.8, 4) is 0 Å². The lowest BCUT2D eigenvalue weighted by Gasteiger charge is -2.21. The van der Waals surface area contributed by atoms with Crippen LogP contribution in [0.4, 0.5) is 5.69 Å². The monoisotopic (exact) mass is 487 g/mol. The molecule has 1 aliphatic heterocycles. The SMILES string of the molecule is CN=C(NCc1ccc(N(C)C)cc1C)NC1CCN(C(=O)C(C)C)C1.I. The van der Waals surface area contributed by atoms with Crippen molar-refractivity contribution >= 4 is 41.5 Å². The molecule has 6 nitrogen and oxygen atoms in total. The smallest absolute Gasteiger partial charge is 0.225 e. The summed E-state index contributed by atoms with van der Waals surface area (Å²) in [6.07, 6.45) is 0.954. The second kappa shape index (κ2) is 10.7. The zero-order valence-electron chi connectivity index (χ0n) is 17.4. The van der Waals surface area contributed by atoms with Gasteiger partial charge in [0.2, 0.25) is 5.91 Å². The fourth-order valence-corrected chi connectivity index (χ4v) is 3.17. The number of benzene rings is 1. The third-order valence-corrected chi connectivity index (χ3v) is 4.85. The highest BCUT2D eigenvalue weighted by Crippen LogP contribution is 2.17. The van der Waals surface area contributed by atoms with Crippen LogP contribution in [0.3, 0.4) is 0 Å². The van der Waals surface area contributed by atoms with Gasteiger partial charge in [0.25, 0.3) is 0 Å². The first-order valence-corrected chi connectivity index (χ1v) is 9.34. The molecule has 2 N–H and O–H groups in total. The molecular weight excluding hydrogens is 453 g/mol. The van der Waals surface area contributed by atoms with E-state index >= 15 is 0 Å². The molecule has 1 saturated heterocycles. The number of likely N-dealkylation sites (tertiary alicyclic amines) is 1. The number of guanidine groups is 1. The van der Waals surface area contributed by atoms with Gasteiger partial charge in [-0.2, -0.15) is 0 Å². The fourth-order valence-electron chi connectivity index (χ4n) is 3.17. The number of aryl methyl sites for hydroxylation is 1. The van der Waals surface area contributed by atoms with Crippen molar-refractivity contribution in [2.24, 2.45) is 10.9 Å². The molecule has 1 atom stereocenters. The third-order valence-electron chi connectivity index (χ3n) is 4.85. The molecule has 1 heterocycles. The summed E-state index contributed by atoms with van der Waals surface area (Å²) in [5, 5.41) is 6.84. The van der Waals surface area contributed by atoms with Crippen molar-refractivity contribution < 1.29 is 4.79 Å². The van der Waals surface area contributed by atoms with Crippen molar-refractivity contribution in [1.82, 2.24) is 15.5 Å². The van der Waals surface area contributed by atoms with Gasteiger partial charge >= 0.3 is 0 Å². The number of nitrogens with one attached hydrogen (secondary N) is 2. The minimum atomic E-state index is 0. The van der Waals surface area contributed by atoms with E-state index in [9.17, 15) is 4.79 Å². The van der Waals surface area contributed by atoms with E-state index in [1.165, 1.54) is 16.8 Å². The van der Waals surface area contributed by atoms with Gasteiger partial charge in [-0.1, -0.05) is 19.9 Å². The summed E-state index contributed by atoms with van der Waals surface area (Å²) < 4.78 is 0. The second-order valence-corrected chi connectivity index (χ2v) is 7.50. The number of aliphatic imine (C=N–C) groups is 1. The minimum absolute atomic E-state index is 0. The molecule has 0 aromatic heterocycles. The molecule has 27 heavy (non-hydrogen) atoms. The summed E-state index contributed by atoms with van der Waals surface area (Å²) in [7, 11) is 5.88. The molecule has 1 amide bonds. The van der Waals surface area contributed by atoms with Gasteiger partial charge in [0, 0.05) is 58.4 Å².